The third-order valence-electron chi connectivity index (χ3n) is 2.79. The van der Waals surface area contributed by atoms with Crippen LogP contribution in [0.4, 0.5) is 0 Å². The van der Waals surface area contributed by atoms with Gasteiger partial charge in [0.2, 0.25) is 0 Å². The van der Waals surface area contributed by atoms with E-state index in [1.807, 2.05) is 0 Å². The maximum Gasteiger partial charge on any atom is 0.0536 e. The van der Waals surface area contributed by atoms with E-state index in [4.69, 9.17) is 0 Å². The molecule has 2 aliphatic rings. The molecule has 0 N–H and O–H groups in total. The fraction of sp³-hybridized carbons (Fsp3) is 0.750. The van der Waals surface area contributed by atoms with Crippen molar-refractivity contribution in [1.29, 1.82) is 0 Å². The van der Waals surface area contributed by atoms with Gasteiger partial charge in [-0.1, -0.05) is 20.8 Å². The Morgan fingerprint density at radius 3 is 2.93 bits per heavy atom. The summed E-state index contributed by atoms with van der Waals surface area (Å²) in [5, 5.41) is 0. The van der Waals surface area contributed by atoms with E-state index in [0.29, 0.717) is 5.41 Å². The van der Waals surface area contributed by atoms with E-state index in [-0.39, 0.29) is 0 Å². The van der Waals surface area contributed by atoms with Gasteiger partial charge in [-0.3, -0.25) is 9.89 Å². The summed E-state index contributed by atoms with van der Waals surface area (Å²) in [6.07, 6.45) is 4.40. The van der Waals surface area contributed by atoms with Crippen molar-refractivity contribution in [2.24, 2.45) is 10.4 Å². The molecule has 0 aromatic heterocycles. The van der Waals surface area contributed by atoms with Gasteiger partial charge < -0.3 is 0 Å². The quantitative estimate of drug-likeness (QED) is 0.623. The van der Waals surface area contributed by atoms with E-state index in [9.17, 15) is 0 Å². The molecule has 0 aliphatic carbocycles. The van der Waals surface area contributed by atoms with Crippen LogP contribution in [0.25, 0.3) is 0 Å². The SMILES string of the molecule is CC(C)(C)CN1CCC2=C(C1)N=CC2. The van der Waals surface area contributed by atoms with E-state index in [2.05, 4.69) is 36.9 Å². The standard InChI is InChI=1S/C12H20N2/c1-12(2,3)9-14-7-5-10-4-6-13-11(10)8-14/h6H,4-5,7-9H2,1-3H3. The normalized spacial score (nSPS) is 23.1. The second-order valence-corrected chi connectivity index (χ2v) is 5.59. The molecule has 0 saturated heterocycles. The fourth-order valence-electron chi connectivity index (χ4n) is 2.26. The number of aliphatic imine (C=N–C) groups is 1. The summed E-state index contributed by atoms with van der Waals surface area (Å²) in [5.74, 6) is 0. The second-order valence-electron chi connectivity index (χ2n) is 5.59. The fourth-order valence-corrected chi connectivity index (χ4v) is 2.26. The first-order valence-electron chi connectivity index (χ1n) is 5.50. The Morgan fingerprint density at radius 2 is 2.21 bits per heavy atom. The molecule has 0 bridgehead atoms. The molecule has 0 saturated carbocycles. The lowest BCUT2D eigenvalue weighted by molar-refractivity contribution is 0.198. The highest BCUT2D eigenvalue weighted by atomic mass is 15.1. The molecule has 2 aliphatic heterocycles. The highest BCUT2D eigenvalue weighted by Crippen LogP contribution is 2.27. The lowest BCUT2D eigenvalue weighted by Crippen LogP contribution is -2.37. The van der Waals surface area contributed by atoms with Crippen molar-refractivity contribution in [3.8, 4) is 0 Å². The first-order valence-corrected chi connectivity index (χ1v) is 5.50. The van der Waals surface area contributed by atoms with Gasteiger partial charge in [0.25, 0.3) is 0 Å². The number of nitrogens with zero attached hydrogens (tertiary/aromatic N) is 2. The van der Waals surface area contributed by atoms with Gasteiger partial charge in [0, 0.05) is 32.3 Å². The molecular formula is C12H20N2. The van der Waals surface area contributed by atoms with E-state index in [1.165, 1.54) is 25.2 Å². The van der Waals surface area contributed by atoms with Gasteiger partial charge in [-0.15, -0.1) is 0 Å². The van der Waals surface area contributed by atoms with Crippen LogP contribution in [0.3, 0.4) is 0 Å². The maximum absolute atomic E-state index is 4.45. The minimum atomic E-state index is 0.403. The first kappa shape index (κ1) is 9.91. The van der Waals surface area contributed by atoms with Gasteiger partial charge in [-0.2, -0.15) is 0 Å². The van der Waals surface area contributed by atoms with Gasteiger partial charge in [-0.25, -0.2) is 0 Å². The van der Waals surface area contributed by atoms with Gasteiger partial charge in [0.15, 0.2) is 0 Å². The molecular weight excluding hydrogens is 172 g/mol. The summed E-state index contributed by atoms with van der Waals surface area (Å²) >= 11 is 0. The van der Waals surface area contributed by atoms with Crippen LogP contribution in [0, 0.1) is 5.41 Å². The number of rotatable bonds is 1. The predicted molar refractivity (Wildman–Crippen MR) is 60.6 cm³/mol. The van der Waals surface area contributed by atoms with Crippen molar-refractivity contribution in [3.63, 3.8) is 0 Å². The van der Waals surface area contributed by atoms with Crippen molar-refractivity contribution in [3.05, 3.63) is 11.3 Å². The zero-order valence-electron chi connectivity index (χ0n) is 9.51. The molecule has 78 valence electrons. The zero-order valence-corrected chi connectivity index (χ0v) is 9.51. The average molecular weight is 192 g/mol. The van der Waals surface area contributed by atoms with E-state index in [0.717, 1.165) is 13.0 Å². The van der Waals surface area contributed by atoms with Crippen molar-refractivity contribution in [2.75, 3.05) is 19.6 Å². The third-order valence-corrected chi connectivity index (χ3v) is 2.79. The molecule has 0 radical (unpaired) electrons. The molecule has 2 heterocycles. The lowest BCUT2D eigenvalue weighted by atomic mass is 9.94. The zero-order chi connectivity index (χ0) is 10.2. The summed E-state index contributed by atoms with van der Waals surface area (Å²) in [4.78, 5) is 6.98. The topological polar surface area (TPSA) is 15.6 Å². The highest BCUT2D eigenvalue weighted by molar-refractivity contribution is 5.67. The molecule has 2 heteroatoms. The largest absolute Gasteiger partial charge is 0.297 e. The molecule has 14 heavy (non-hydrogen) atoms. The van der Waals surface area contributed by atoms with Crippen molar-refractivity contribution in [2.45, 2.75) is 33.6 Å². The van der Waals surface area contributed by atoms with Crippen LogP contribution in [-0.4, -0.2) is 30.7 Å². The van der Waals surface area contributed by atoms with Crippen LogP contribution < -0.4 is 0 Å². The average Bonchev–Trinajstić information content (AvgIpc) is 2.47. The van der Waals surface area contributed by atoms with Gasteiger partial charge >= 0.3 is 0 Å². The van der Waals surface area contributed by atoms with E-state index < -0.39 is 0 Å². The van der Waals surface area contributed by atoms with Crippen molar-refractivity contribution < 1.29 is 0 Å². The Hall–Kier alpha value is -0.630. The number of hydrogen-bond donors (Lipinski definition) is 0. The predicted octanol–water partition coefficient (Wildman–Crippen LogP) is 2.47. The van der Waals surface area contributed by atoms with Gasteiger partial charge in [0.1, 0.15) is 0 Å². The lowest BCUT2D eigenvalue weighted by Gasteiger charge is -2.32. The van der Waals surface area contributed by atoms with Crippen LogP contribution in [0.1, 0.15) is 33.6 Å². The van der Waals surface area contributed by atoms with Crippen LogP contribution in [0.15, 0.2) is 16.3 Å². The van der Waals surface area contributed by atoms with Gasteiger partial charge in [-0.05, 0) is 17.4 Å². The van der Waals surface area contributed by atoms with Crippen LogP contribution in [-0.2, 0) is 0 Å². The Bertz CT molecular complexity index is 281. The summed E-state index contributed by atoms with van der Waals surface area (Å²) in [5.41, 5.74) is 3.33. The second kappa shape index (κ2) is 3.50. The molecule has 0 spiro atoms. The molecule has 0 unspecified atom stereocenters. The minimum Gasteiger partial charge on any atom is -0.297 e. The Kier molecular flexibility index (Phi) is 2.48. The van der Waals surface area contributed by atoms with Crippen molar-refractivity contribution in [1.82, 2.24) is 4.90 Å². The molecule has 0 aromatic rings. The number of hydrogen-bond acceptors (Lipinski definition) is 2. The molecule has 0 fully saturated rings. The smallest absolute Gasteiger partial charge is 0.0536 e. The molecule has 2 rings (SSSR count). The first-order chi connectivity index (χ1) is 6.54. The van der Waals surface area contributed by atoms with Crippen LogP contribution in [0.2, 0.25) is 0 Å². The summed E-state index contributed by atoms with van der Waals surface area (Å²) in [6.45, 7) is 10.4. The van der Waals surface area contributed by atoms with Crippen LogP contribution in [0.5, 0.6) is 0 Å². The summed E-state index contributed by atoms with van der Waals surface area (Å²) in [7, 11) is 0. The van der Waals surface area contributed by atoms with Crippen molar-refractivity contribution >= 4 is 6.21 Å². The minimum absolute atomic E-state index is 0.403. The molecule has 0 atom stereocenters. The molecule has 0 aromatic carbocycles. The Morgan fingerprint density at radius 1 is 1.43 bits per heavy atom. The van der Waals surface area contributed by atoms with Gasteiger partial charge in [0.05, 0.1) is 5.70 Å². The highest BCUT2D eigenvalue weighted by Gasteiger charge is 2.23. The summed E-state index contributed by atoms with van der Waals surface area (Å²) < 4.78 is 0. The maximum atomic E-state index is 4.45. The summed E-state index contributed by atoms with van der Waals surface area (Å²) in [6, 6.07) is 0. The van der Waals surface area contributed by atoms with E-state index in [1.54, 1.807) is 5.57 Å². The Balaban J connectivity index is 1.97. The molecule has 0 amide bonds. The third kappa shape index (κ3) is 2.24. The Labute approximate surface area is 86.7 Å². The molecule has 2 nitrogen and oxygen atoms in total. The monoisotopic (exact) mass is 192 g/mol. The van der Waals surface area contributed by atoms with E-state index >= 15 is 0 Å². The van der Waals surface area contributed by atoms with Crippen LogP contribution >= 0.6 is 0 Å².